The number of nitrogens with one attached hydrogen (secondary N) is 1. The number of aromatic nitrogens is 3. The molecule has 1 heterocycles. The molecule has 0 radical (unpaired) electrons. The molecule has 5 nitrogen and oxygen atoms in total. The molecule has 0 atom stereocenters. The van der Waals surface area contributed by atoms with E-state index in [4.69, 9.17) is 0 Å². The van der Waals surface area contributed by atoms with Crippen molar-refractivity contribution >= 4 is 0 Å². The lowest BCUT2D eigenvalue weighted by Crippen LogP contribution is -2.29. The second-order valence-corrected chi connectivity index (χ2v) is 4.08. The Kier molecular flexibility index (Phi) is 3.47. The monoisotopic (exact) mass is 308 g/mol. The summed E-state index contributed by atoms with van der Waals surface area (Å²) in [4.78, 5) is 11.9. The molecule has 0 aliphatic rings. The largest absolute Gasteiger partial charge is 0.419 e. The van der Waals surface area contributed by atoms with Crippen molar-refractivity contribution in [3.63, 3.8) is 0 Å². The maximum atomic E-state index is 13.8. The molecule has 1 N–H and O–H groups in total. The summed E-state index contributed by atoms with van der Waals surface area (Å²) in [6.45, 7) is 1.41. The first kappa shape index (κ1) is 15.0. The van der Waals surface area contributed by atoms with Gasteiger partial charge in [0.15, 0.2) is 5.82 Å². The van der Waals surface area contributed by atoms with Gasteiger partial charge in [0.2, 0.25) is 0 Å². The van der Waals surface area contributed by atoms with Gasteiger partial charge in [-0.05, 0) is 13.0 Å². The van der Waals surface area contributed by atoms with Gasteiger partial charge in [-0.15, -0.1) is 5.10 Å². The fraction of sp³-hybridized carbons (Fsp3) is 0.273. The van der Waals surface area contributed by atoms with Gasteiger partial charge in [-0.25, -0.2) is 13.6 Å². The van der Waals surface area contributed by atoms with Gasteiger partial charge in [0.1, 0.15) is 17.3 Å². The maximum Gasteiger partial charge on any atom is 0.419 e. The Morgan fingerprint density at radius 3 is 2.29 bits per heavy atom. The highest BCUT2D eigenvalue weighted by molar-refractivity contribution is 5.37. The summed E-state index contributed by atoms with van der Waals surface area (Å²) in [6, 6.07) is 0.275. The lowest BCUT2D eigenvalue weighted by molar-refractivity contribution is -0.140. The molecule has 0 saturated carbocycles. The quantitative estimate of drug-likeness (QED) is 0.861. The van der Waals surface area contributed by atoms with Gasteiger partial charge in [0, 0.05) is 13.1 Å². The minimum Gasteiger partial charge on any atom is -0.323 e. The van der Waals surface area contributed by atoms with Crippen LogP contribution in [0.5, 0.6) is 0 Å². The summed E-state index contributed by atoms with van der Waals surface area (Å²) in [5.74, 6) is -2.98. The molecule has 114 valence electrons. The number of aryl methyl sites for hydroxylation is 1. The van der Waals surface area contributed by atoms with Gasteiger partial charge in [0.05, 0.1) is 5.56 Å². The number of nitrogens with zero attached hydrogens (tertiary/aromatic N) is 3. The molecule has 0 saturated heterocycles. The Hall–Kier alpha value is -2.39. The van der Waals surface area contributed by atoms with E-state index >= 15 is 0 Å². The third-order valence-corrected chi connectivity index (χ3v) is 2.73. The number of alkyl halides is 3. The summed E-state index contributed by atoms with van der Waals surface area (Å²) in [6.07, 6.45) is -5.03. The van der Waals surface area contributed by atoms with Crippen LogP contribution in [0.2, 0.25) is 0 Å². The molecular weight excluding hydrogens is 299 g/mol. The summed E-state index contributed by atoms with van der Waals surface area (Å²) in [5.41, 5.74) is -0.874. The first-order chi connectivity index (χ1) is 9.66. The van der Waals surface area contributed by atoms with E-state index in [2.05, 4.69) is 10.5 Å². The highest BCUT2D eigenvalue weighted by Crippen LogP contribution is 2.33. The molecular formula is C11H9F5N4O. The van der Waals surface area contributed by atoms with Gasteiger partial charge in [-0.3, -0.25) is 0 Å². The molecule has 21 heavy (non-hydrogen) atoms. The molecule has 2 aromatic rings. The topological polar surface area (TPSA) is 51.9 Å². The van der Waals surface area contributed by atoms with Crippen LogP contribution in [-0.2, 0) is 6.18 Å². The van der Waals surface area contributed by atoms with Gasteiger partial charge < -0.3 is 5.43 Å². The molecule has 0 aliphatic heterocycles. The molecule has 0 spiro atoms. The minimum absolute atomic E-state index is 0.00909. The first-order valence-corrected chi connectivity index (χ1v) is 5.60. The SMILES string of the molecule is CNn1c(C)nn(-c2cc(F)c(C(F)(F)F)cc2F)c1=O. The minimum atomic E-state index is -5.03. The Bertz CT molecular complexity index is 746. The summed E-state index contributed by atoms with van der Waals surface area (Å²) in [7, 11) is 1.39. The number of rotatable bonds is 2. The van der Waals surface area contributed by atoms with Crippen LogP contribution in [-0.4, -0.2) is 21.5 Å². The molecule has 0 unspecified atom stereocenters. The zero-order chi connectivity index (χ0) is 15.9. The molecule has 2 rings (SSSR count). The lowest BCUT2D eigenvalue weighted by atomic mass is 10.1. The first-order valence-electron chi connectivity index (χ1n) is 5.60. The van der Waals surface area contributed by atoms with Crippen LogP contribution in [0.25, 0.3) is 5.69 Å². The van der Waals surface area contributed by atoms with Crippen LogP contribution in [0.4, 0.5) is 22.0 Å². The Labute approximate surface area is 114 Å². The molecule has 0 bridgehead atoms. The van der Waals surface area contributed by atoms with E-state index < -0.39 is 34.8 Å². The molecule has 10 heteroatoms. The van der Waals surface area contributed by atoms with Crippen molar-refractivity contribution in [2.24, 2.45) is 0 Å². The third kappa shape index (κ3) is 2.48. The number of hydrogen-bond acceptors (Lipinski definition) is 3. The van der Waals surface area contributed by atoms with E-state index in [1.54, 1.807) is 0 Å². The molecule has 0 fully saturated rings. The van der Waals surface area contributed by atoms with Crippen molar-refractivity contribution in [2.45, 2.75) is 13.1 Å². The molecule has 0 aliphatic carbocycles. The Morgan fingerprint density at radius 2 is 1.81 bits per heavy atom. The fourth-order valence-electron chi connectivity index (χ4n) is 1.80. The fourth-order valence-corrected chi connectivity index (χ4v) is 1.80. The van der Waals surface area contributed by atoms with Crippen molar-refractivity contribution in [3.05, 3.63) is 45.6 Å². The van der Waals surface area contributed by atoms with Crippen LogP contribution in [0.1, 0.15) is 11.4 Å². The van der Waals surface area contributed by atoms with Crippen LogP contribution in [0, 0.1) is 18.6 Å². The molecule has 1 aromatic heterocycles. The van der Waals surface area contributed by atoms with E-state index in [0.717, 1.165) is 4.68 Å². The number of halogens is 5. The standard InChI is InChI=1S/C11H9F5N4O/c1-5-18-20(10(21)19(5)17-2)9-4-7(12)6(3-8(9)13)11(14,15)16/h3-4,17H,1-2H3. The summed E-state index contributed by atoms with van der Waals surface area (Å²) < 4.78 is 66.0. The predicted molar refractivity (Wildman–Crippen MR) is 62.8 cm³/mol. The van der Waals surface area contributed by atoms with Gasteiger partial charge >= 0.3 is 11.9 Å². The number of hydrogen-bond donors (Lipinski definition) is 1. The molecule has 0 amide bonds. The second-order valence-electron chi connectivity index (χ2n) is 4.08. The Morgan fingerprint density at radius 1 is 1.19 bits per heavy atom. The van der Waals surface area contributed by atoms with Crippen LogP contribution >= 0.6 is 0 Å². The molecule has 1 aromatic carbocycles. The van der Waals surface area contributed by atoms with Crippen molar-refractivity contribution in [3.8, 4) is 5.69 Å². The smallest absolute Gasteiger partial charge is 0.323 e. The van der Waals surface area contributed by atoms with Crippen LogP contribution < -0.4 is 11.1 Å². The zero-order valence-electron chi connectivity index (χ0n) is 10.8. The van der Waals surface area contributed by atoms with Crippen molar-refractivity contribution in [2.75, 3.05) is 12.5 Å². The Balaban J connectivity index is 2.67. The van der Waals surface area contributed by atoms with Crippen molar-refractivity contribution in [1.82, 2.24) is 14.5 Å². The predicted octanol–water partition coefficient (Wildman–Crippen LogP) is 1.81. The van der Waals surface area contributed by atoms with Crippen LogP contribution in [0.3, 0.4) is 0 Å². The third-order valence-electron chi connectivity index (χ3n) is 2.73. The highest BCUT2D eigenvalue weighted by atomic mass is 19.4. The summed E-state index contributed by atoms with van der Waals surface area (Å²) >= 11 is 0. The number of benzene rings is 1. The average molecular weight is 308 g/mol. The van der Waals surface area contributed by atoms with E-state index in [-0.39, 0.29) is 18.0 Å². The normalized spacial score (nSPS) is 11.8. The average Bonchev–Trinajstić information content (AvgIpc) is 2.65. The highest BCUT2D eigenvalue weighted by Gasteiger charge is 2.35. The van der Waals surface area contributed by atoms with E-state index in [1.807, 2.05) is 0 Å². The van der Waals surface area contributed by atoms with E-state index in [9.17, 15) is 26.7 Å². The summed E-state index contributed by atoms with van der Waals surface area (Å²) in [5, 5.41) is 3.66. The maximum absolute atomic E-state index is 13.8. The van der Waals surface area contributed by atoms with Crippen molar-refractivity contribution < 1.29 is 22.0 Å². The van der Waals surface area contributed by atoms with Gasteiger partial charge in [0.25, 0.3) is 0 Å². The van der Waals surface area contributed by atoms with E-state index in [0.29, 0.717) is 4.68 Å². The van der Waals surface area contributed by atoms with Crippen molar-refractivity contribution in [1.29, 1.82) is 0 Å². The van der Waals surface area contributed by atoms with E-state index in [1.165, 1.54) is 14.0 Å². The second kappa shape index (κ2) is 4.86. The van der Waals surface area contributed by atoms with Gasteiger partial charge in [-0.1, -0.05) is 0 Å². The van der Waals surface area contributed by atoms with Gasteiger partial charge in [-0.2, -0.15) is 22.5 Å². The van der Waals surface area contributed by atoms with Crippen LogP contribution in [0.15, 0.2) is 16.9 Å². The zero-order valence-corrected chi connectivity index (χ0v) is 10.8. The lowest BCUT2D eigenvalue weighted by Gasteiger charge is -2.10.